The molecule has 0 fully saturated rings. The van der Waals surface area contributed by atoms with Crippen molar-refractivity contribution in [2.45, 2.75) is 0 Å². The molecule has 0 aliphatic heterocycles. The fourth-order valence-electron chi connectivity index (χ4n) is 0.139. The van der Waals surface area contributed by atoms with E-state index in [2.05, 4.69) is 0 Å². The van der Waals surface area contributed by atoms with Gasteiger partial charge in [-0.25, -0.2) is 8.42 Å². The van der Waals surface area contributed by atoms with Crippen molar-refractivity contribution in [3.63, 3.8) is 0 Å². The minimum absolute atomic E-state index is 0. The van der Waals surface area contributed by atoms with E-state index in [1.54, 1.807) is 0 Å². The molecular weight excluding hydrogens is 191 g/mol. The molecule has 0 amide bonds. The van der Waals surface area contributed by atoms with Crippen LogP contribution in [-0.2, 0) is 20.4 Å². The van der Waals surface area contributed by atoms with Crippen LogP contribution in [-0.4, -0.2) is 32.5 Å². The van der Waals surface area contributed by atoms with Gasteiger partial charge in [-0.1, -0.05) is 0 Å². The molecule has 10 heavy (non-hydrogen) atoms. The van der Waals surface area contributed by atoms with Crippen LogP contribution < -0.4 is 29.6 Å². The zero-order valence-corrected chi connectivity index (χ0v) is 8.78. The third-order valence-corrected chi connectivity index (χ3v) is 1.63. The molecule has 0 bridgehead atoms. The molecule has 5 nitrogen and oxygen atoms in total. The first-order valence-corrected chi connectivity index (χ1v) is 4.48. The van der Waals surface area contributed by atoms with Gasteiger partial charge in [0.05, 0.1) is 15.9 Å². The second-order valence-electron chi connectivity index (χ2n) is 1.15. The maximum atomic E-state index is 9.68. The zero-order chi connectivity index (χ0) is 7.49. The topological polar surface area (TPSA) is 91.3 Å². The molecule has 0 N–H and O–H groups in total. The quantitative estimate of drug-likeness (QED) is 0.250. The van der Waals surface area contributed by atoms with Gasteiger partial charge in [-0.3, -0.25) is 0 Å². The van der Waals surface area contributed by atoms with E-state index in [1.807, 2.05) is 0 Å². The SMILES string of the molecule is O=S(=O)=CCS(=O)(=O)[O-].[Na+]. The normalized spacial score (nSPS) is 9.70. The van der Waals surface area contributed by atoms with E-state index >= 15 is 0 Å². The average molecular weight is 194 g/mol. The summed E-state index contributed by atoms with van der Waals surface area (Å²) in [5.41, 5.74) is 0. The first-order valence-electron chi connectivity index (χ1n) is 1.77. The van der Waals surface area contributed by atoms with E-state index in [0.29, 0.717) is 5.37 Å². The molecule has 0 radical (unpaired) electrons. The van der Waals surface area contributed by atoms with Crippen molar-refractivity contribution in [3.05, 3.63) is 0 Å². The van der Waals surface area contributed by atoms with Crippen LogP contribution in [0.15, 0.2) is 0 Å². The van der Waals surface area contributed by atoms with Gasteiger partial charge < -0.3 is 4.55 Å². The Kier molecular flexibility index (Phi) is 6.97. The van der Waals surface area contributed by atoms with Crippen LogP contribution in [0.1, 0.15) is 0 Å². The van der Waals surface area contributed by atoms with Gasteiger partial charge in [0.2, 0.25) is 10.3 Å². The van der Waals surface area contributed by atoms with E-state index in [1.165, 1.54) is 0 Å². The molecule has 0 rings (SSSR count). The summed E-state index contributed by atoms with van der Waals surface area (Å²) in [6.45, 7) is 0. The Morgan fingerprint density at radius 1 is 1.40 bits per heavy atom. The Morgan fingerprint density at radius 2 is 1.80 bits per heavy atom. The molecule has 0 aromatic rings. The van der Waals surface area contributed by atoms with Gasteiger partial charge in [0.1, 0.15) is 0 Å². The van der Waals surface area contributed by atoms with Crippen LogP contribution >= 0.6 is 0 Å². The Bertz CT molecular complexity index is 289. The van der Waals surface area contributed by atoms with Crippen LogP contribution in [0.5, 0.6) is 0 Å². The van der Waals surface area contributed by atoms with Crippen LogP contribution in [0, 0.1) is 0 Å². The van der Waals surface area contributed by atoms with Crippen molar-refractivity contribution in [1.82, 2.24) is 0 Å². The fourth-order valence-corrected chi connectivity index (χ4v) is 1.25. The molecule has 0 spiro atoms. The summed E-state index contributed by atoms with van der Waals surface area (Å²) < 4.78 is 48.2. The van der Waals surface area contributed by atoms with Crippen LogP contribution in [0.3, 0.4) is 0 Å². The summed E-state index contributed by atoms with van der Waals surface area (Å²) in [5, 5.41) is 0.391. The van der Waals surface area contributed by atoms with Crippen molar-refractivity contribution < 1.29 is 50.9 Å². The second kappa shape index (κ2) is 5.28. The molecule has 0 aromatic carbocycles. The molecular formula is C2H3NaO5S2. The molecule has 0 aliphatic carbocycles. The van der Waals surface area contributed by atoms with Gasteiger partial charge in [-0.2, -0.15) is 8.42 Å². The summed E-state index contributed by atoms with van der Waals surface area (Å²) in [5.74, 6) is -0.969. The van der Waals surface area contributed by atoms with Crippen LogP contribution in [0.25, 0.3) is 0 Å². The average Bonchev–Trinajstić information content (AvgIpc) is 1.59. The summed E-state index contributed by atoms with van der Waals surface area (Å²) in [7, 11) is -6.98. The molecule has 0 aliphatic rings. The van der Waals surface area contributed by atoms with Gasteiger partial charge in [0, 0.05) is 5.37 Å². The summed E-state index contributed by atoms with van der Waals surface area (Å²) in [6.07, 6.45) is 0. The Balaban J connectivity index is 0. The maximum Gasteiger partial charge on any atom is 1.00 e. The first-order chi connectivity index (χ1) is 3.92. The van der Waals surface area contributed by atoms with E-state index < -0.39 is 26.2 Å². The molecule has 0 unspecified atom stereocenters. The van der Waals surface area contributed by atoms with E-state index in [0.717, 1.165) is 0 Å². The van der Waals surface area contributed by atoms with Crippen molar-refractivity contribution in [3.8, 4) is 0 Å². The number of rotatable bonds is 2. The molecule has 0 aromatic heterocycles. The summed E-state index contributed by atoms with van der Waals surface area (Å²) >= 11 is 0. The summed E-state index contributed by atoms with van der Waals surface area (Å²) in [6, 6.07) is 0. The third-order valence-electron chi connectivity index (χ3n) is 0.408. The molecule has 0 heterocycles. The largest absolute Gasteiger partial charge is 1.00 e. The minimum Gasteiger partial charge on any atom is -0.748 e. The predicted molar refractivity (Wildman–Crippen MR) is 29.5 cm³/mol. The van der Waals surface area contributed by atoms with E-state index in [9.17, 15) is 21.4 Å². The Morgan fingerprint density at radius 3 is 1.90 bits per heavy atom. The van der Waals surface area contributed by atoms with Gasteiger partial charge in [0.25, 0.3) is 0 Å². The van der Waals surface area contributed by atoms with Crippen LogP contribution in [0.2, 0.25) is 0 Å². The minimum atomic E-state index is -4.42. The number of hydrogen-bond acceptors (Lipinski definition) is 5. The van der Waals surface area contributed by atoms with Crippen molar-refractivity contribution in [2.75, 3.05) is 5.75 Å². The van der Waals surface area contributed by atoms with E-state index in [4.69, 9.17) is 0 Å². The van der Waals surface area contributed by atoms with Crippen molar-refractivity contribution >= 4 is 25.8 Å². The second-order valence-corrected chi connectivity index (χ2v) is 3.45. The third kappa shape index (κ3) is 11.4. The molecule has 8 heteroatoms. The molecule has 0 atom stereocenters. The maximum absolute atomic E-state index is 9.68. The van der Waals surface area contributed by atoms with Gasteiger partial charge >= 0.3 is 29.6 Å². The molecule has 0 saturated carbocycles. The predicted octanol–water partition coefficient (Wildman–Crippen LogP) is -4.78. The van der Waals surface area contributed by atoms with Crippen molar-refractivity contribution in [1.29, 1.82) is 0 Å². The fraction of sp³-hybridized carbons (Fsp3) is 0.500. The Hall–Kier alpha value is 0.600. The molecule has 54 valence electrons. The van der Waals surface area contributed by atoms with Crippen LogP contribution in [0.4, 0.5) is 0 Å². The van der Waals surface area contributed by atoms with Gasteiger partial charge in [-0.05, 0) is 0 Å². The first kappa shape index (κ1) is 13.2. The monoisotopic (exact) mass is 194 g/mol. The van der Waals surface area contributed by atoms with Crippen molar-refractivity contribution in [2.24, 2.45) is 0 Å². The Labute approximate surface area is 82.0 Å². The zero-order valence-electron chi connectivity index (χ0n) is 5.14. The smallest absolute Gasteiger partial charge is 0.748 e. The van der Waals surface area contributed by atoms with Gasteiger partial charge in [0.15, 0.2) is 0 Å². The van der Waals surface area contributed by atoms with E-state index in [-0.39, 0.29) is 29.6 Å². The summed E-state index contributed by atoms with van der Waals surface area (Å²) in [4.78, 5) is 0. The van der Waals surface area contributed by atoms with Gasteiger partial charge in [-0.15, -0.1) is 0 Å². The number of hydrogen-bond donors (Lipinski definition) is 0. The molecule has 0 saturated heterocycles. The standard InChI is InChI=1S/C2H4O5S2.Na/c3-8(4)1-2-9(5,6)7;/h1H,2H2,(H,5,6,7);/q;+1/p-1.